The Morgan fingerprint density at radius 2 is 0.692 bits per heavy atom. The lowest BCUT2D eigenvalue weighted by atomic mass is 9.96. The van der Waals surface area contributed by atoms with Gasteiger partial charge >= 0.3 is 54.5 Å². The molecule has 16 rings (SSSR count). The number of methoxy groups -OCH3 is 3. The van der Waals surface area contributed by atoms with Crippen molar-refractivity contribution in [3.05, 3.63) is 70.8 Å². The number of carbonyl (C=O) groups excluding carboxylic acids is 14. The van der Waals surface area contributed by atoms with Gasteiger partial charge in [0.2, 0.25) is 0 Å². The number of esters is 3. The molecular formula is C91H125F8N9O25. The van der Waals surface area contributed by atoms with E-state index in [0.717, 1.165) is 19.6 Å². The van der Waals surface area contributed by atoms with Crippen molar-refractivity contribution < 1.29 is 155 Å². The highest BCUT2D eigenvalue weighted by Crippen LogP contribution is 2.56. The number of likely N-dealkylation sites (tertiary alicyclic amines) is 6. The van der Waals surface area contributed by atoms with Crippen molar-refractivity contribution in [2.75, 3.05) is 41.0 Å². The molecule has 14 aliphatic rings. The number of rotatable bonds is 7. The number of aliphatic hydroxyl groups excluding tert-OH is 2. The number of nitrogens with one attached hydrogen (secondary N) is 1. The van der Waals surface area contributed by atoms with E-state index in [0.29, 0.717) is 54.4 Å². The number of Topliss-reactive ketones (excluding diaryl/α,β-unsaturated/α-hetero) is 1. The number of fused-ring (bicyclic) bond motifs is 14. The maximum absolute atomic E-state index is 14.3. The van der Waals surface area contributed by atoms with E-state index in [-0.39, 0.29) is 112 Å². The predicted octanol–water partition coefficient (Wildman–Crippen LogP) is 12.1. The molecule has 740 valence electrons. The van der Waals surface area contributed by atoms with E-state index in [2.05, 4.69) is 10.1 Å². The number of ketones is 1. The van der Waals surface area contributed by atoms with Crippen LogP contribution in [0.2, 0.25) is 0 Å². The van der Waals surface area contributed by atoms with Crippen LogP contribution in [0.1, 0.15) is 243 Å². The summed E-state index contributed by atoms with van der Waals surface area (Å²) in [5, 5.41) is 21.4. The number of carbonyl (C=O) groups is 14. The van der Waals surface area contributed by atoms with Crippen molar-refractivity contribution in [3.8, 4) is 0 Å². The quantitative estimate of drug-likeness (QED) is 0.0865. The molecule has 2 aromatic rings. The van der Waals surface area contributed by atoms with Crippen molar-refractivity contribution in [1.29, 1.82) is 0 Å². The van der Waals surface area contributed by atoms with E-state index in [9.17, 15) is 112 Å². The van der Waals surface area contributed by atoms with Gasteiger partial charge in [-0.2, -0.15) is 0 Å². The number of alkyl halides is 8. The average molecular weight is 1900 g/mol. The lowest BCUT2D eigenvalue weighted by Gasteiger charge is -2.40. The number of piperidine rings is 6. The Hall–Kier alpha value is -10.3. The van der Waals surface area contributed by atoms with Gasteiger partial charge in [0.25, 0.3) is 47.3 Å². The second-order valence-electron chi connectivity index (χ2n) is 41.9. The number of hydrogen-bond acceptors (Lipinski definition) is 26. The molecular weight excluding hydrogens is 1770 g/mol. The third-order valence-electron chi connectivity index (χ3n) is 25.3. The summed E-state index contributed by atoms with van der Waals surface area (Å²) >= 11 is 0. The van der Waals surface area contributed by atoms with Crippen LogP contribution in [0, 0.1) is 35.5 Å². The van der Waals surface area contributed by atoms with Gasteiger partial charge in [0.05, 0.1) is 117 Å². The minimum atomic E-state index is -3.00. The van der Waals surface area contributed by atoms with Crippen LogP contribution >= 0.6 is 0 Å². The first-order chi connectivity index (χ1) is 61.1. The molecule has 0 spiro atoms. The van der Waals surface area contributed by atoms with Gasteiger partial charge in [-0.1, -0.05) is 24.3 Å². The summed E-state index contributed by atoms with van der Waals surface area (Å²) < 4.78 is 157. The third-order valence-corrected chi connectivity index (χ3v) is 25.3. The second kappa shape index (κ2) is 38.5. The van der Waals surface area contributed by atoms with Gasteiger partial charge in [-0.3, -0.25) is 63.6 Å². The molecule has 6 saturated heterocycles. The van der Waals surface area contributed by atoms with E-state index < -0.39 is 208 Å². The summed E-state index contributed by atoms with van der Waals surface area (Å²) in [5.41, 5.74) is 2.78. The third kappa shape index (κ3) is 23.0. The van der Waals surface area contributed by atoms with Crippen LogP contribution in [0.5, 0.6) is 0 Å². The van der Waals surface area contributed by atoms with Crippen molar-refractivity contribution in [1.82, 2.24) is 39.6 Å². The van der Waals surface area contributed by atoms with Crippen LogP contribution in [-0.2, 0) is 61.8 Å². The minimum absolute atomic E-state index is 0.00369. The maximum atomic E-state index is 14.3. The first-order valence-corrected chi connectivity index (χ1v) is 44.4. The Morgan fingerprint density at radius 3 is 1.06 bits per heavy atom. The second-order valence-corrected chi connectivity index (χ2v) is 41.9. The molecule has 34 nitrogen and oxygen atoms in total. The van der Waals surface area contributed by atoms with E-state index in [1.54, 1.807) is 173 Å². The van der Waals surface area contributed by atoms with Crippen molar-refractivity contribution >= 4 is 83.9 Å². The number of halogens is 8. The number of nitrogens with two attached hydrogens (primary N) is 1. The highest BCUT2D eigenvalue weighted by Gasteiger charge is 2.69. The van der Waals surface area contributed by atoms with Crippen LogP contribution in [0.4, 0.5) is 63.9 Å². The van der Waals surface area contributed by atoms with Gasteiger partial charge < -0.3 is 58.6 Å². The number of ether oxygens (including phenoxy) is 9. The van der Waals surface area contributed by atoms with Gasteiger partial charge in [-0.15, -0.1) is 0 Å². The Kier molecular flexibility index (Phi) is 30.3. The summed E-state index contributed by atoms with van der Waals surface area (Å²) in [4.78, 5) is 175. The fourth-order valence-electron chi connectivity index (χ4n) is 20.3. The van der Waals surface area contributed by atoms with Gasteiger partial charge in [-0.05, 0) is 229 Å². The summed E-state index contributed by atoms with van der Waals surface area (Å²) in [6, 6.07) is 3.75. The highest BCUT2D eigenvalue weighted by molar-refractivity contribution is 6.22. The molecule has 0 aromatic heterocycles. The Labute approximate surface area is 766 Å². The summed E-state index contributed by atoms with van der Waals surface area (Å²) in [5.74, 6) is -16.6. The fourth-order valence-corrected chi connectivity index (χ4v) is 20.3. The van der Waals surface area contributed by atoms with Gasteiger partial charge in [0.15, 0.2) is 5.78 Å². The normalized spacial score (nSPS) is 30.0. The summed E-state index contributed by atoms with van der Waals surface area (Å²) in [6.45, 7) is 30.5. The van der Waals surface area contributed by atoms with Gasteiger partial charge in [0, 0.05) is 38.6 Å². The summed E-state index contributed by atoms with van der Waals surface area (Å²) in [6.07, 6.45) is -3.25. The zero-order valence-electron chi connectivity index (χ0n) is 78.7. The minimum Gasteiger partial charge on any atom is -0.467 e. The topological polar surface area (TPSA) is 423 Å². The van der Waals surface area contributed by atoms with E-state index in [1.165, 1.54) is 36.0 Å². The van der Waals surface area contributed by atoms with Crippen LogP contribution in [-0.4, -0.2) is 305 Å². The predicted molar refractivity (Wildman–Crippen MR) is 453 cm³/mol. The molecule has 5 N–H and O–H groups in total. The van der Waals surface area contributed by atoms with Crippen LogP contribution in [0.25, 0.3) is 0 Å². The first kappa shape index (κ1) is 105. The molecule has 12 bridgehead atoms. The lowest BCUT2D eigenvalue weighted by Crippen LogP contribution is -2.57. The average Bonchev–Trinajstić information content (AvgIpc) is 1.59. The molecule has 12 fully saturated rings. The zero-order chi connectivity index (χ0) is 99.7. The molecule has 133 heavy (non-hydrogen) atoms. The number of nitrogens with zero attached hydrogens (tertiary/aromatic N) is 7. The van der Waals surface area contributed by atoms with Crippen LogP contribution in [0.15, 0.2) is 48.5 Å². The molecule has 19 atom stereocenters. The maximum Gasteiger partial charge on any atom is 0.411 e. The van der Waals surface area contributed by atoms with Gasteiger partial charge in [0.1, 0.15) is 51.7 Å². The summed E-state index contributed by atoms with van der Waals surface area (Å²) in [7, 11) is 3.77. The molecule has 6 saturated carbocycles. The molecule has 8 heterocycles. The zero-order valence-corrected chi connectivity index (χ0v) is 78.7. The van der Waals surface area contributed by atoms with E-state index in [4.69, 9.17) is 43.6 Å². The number of imide groups is 2. The number of benzene rings is 2. The first-order valence-electron chi connectivity index (χ1n) is 44.4. The molecule has 8 aliphatic heterocycles. The molecule has 0 radical (unpaired) electrons. The Balaban J connectivity index is 0.000000163. The Bertz CT molecular complexity index is 4630. The van der Waals surface area contributed by atoms with Crippen LogP contribution in [0.3, 0.4) is 0 Å². The molecule has 42 heteroatoms. The highest BCUT2D eigenvalue weighted by atomic mass is 19.3. The molecule has 6 aliphatic carbocycles. The lowest BCUT2D eigenvalue weighted by molar-refractivity contribution is -0.155. The monoisotopic (exact) mass is 1900 g/mol. The number of amides is 10. The van der Waals surface area contributed by atoms with Crippen molar-refractivity contribution in [3.63, 3.8) is 0 Å². The number of aliphatic hydroxyl groups is 2. The largest absolute Gasteiger partial charge is 0.467 e. The van der Waals surface area contributed by atoms with E-state index >= 15 is 0 Å². The smallest absolute Gasteiger partial charge is 0.411 e. The standard InChI is InChI=1S/C20H22F2N2O4.C13H19F2NO4.C13H21NO5.C13H19NO5.C12H20F2N2O2.C12H19F2NO3.C8H5NO2/c1-19(2,3)28-18(27)24-14(11-8-15(24)20(21,22)9-11)10-23-16(25)12-6-4-5-7-13(12)17(23)26;1-12(2,3)20-11(18)16-8-5-7(6-13(8,14)15)9(16)10(17)19-4;2*1-13(2,3)19-12(17)14-8-5-7(6-9(8)15)10(14)11(16)18-4;1-11(2,3)18-10(17)16-8(6-15)7-4-9(16)12(13,14)5-7;1-11(2,3)18-10(17)15-8(6-16)7-4-9(15)12(13,14)5-7;10-7-5-3-1-2-4-6(5)8(11)9-7/h4-7,11,14-15H,8-10H2,1-3H3;7-9H,5-6H2,1-4H3;7-10,15H,5-6H2,1-4H3;7-8,10H,5-6H2,1-4H3;7-9H,4-6,15H2,1-3H3;7-9,16H,4-6H2,1-3H3;1-4H,(H,9,10,11)/t11-,14+,15?;7-,8?,9-;7-,8?,9+,10-;7-,8?,10-;2*7-,8+,9?;/m000000./s1. The van der Waals surface area contributed by atoms with Crippen LogP contribution < -0.4 is 11.1 Å². The van der Waals surface area contributed by atoms with Crippen molar-refractivity contribution in [2.45, 2.75) is 338 Å². The molecule has 10 amide bonds. The Morgan fingerprint density at radius 1 is 0.391 bits per heavy atom. The van der Waals surface area contributed by atoms with Crippen molar-refractivity contribution in [2.24, 2.45) is 41.2 Å². The van der Waals surface area contributed by atoms with Gasteiger partial charge in [-0.25, -0.2) is 78.3 Å². The fraction of sp³-hybridized carbons (Fsp3) is 0.714. The van der Waals surface area contributed by atoms with E-state index in [1.807, 2.05) is 0 Å². The number of hydrogen-bond donors (Lipinski definition) is 4. The molecule has 2 aromatic carbocycles. The molecule has 6 unspecified atom stereocenters. The SMILES string of the molecule is CC(C)(C)OC(=O)N1C2C[C@@H](CC2(F)F)[C@H]1CN.CC(C)(C)OC(=O)N1C2C[C@@H](CC2(F)F)[C@H]1CN1C(=O)c2ccccc2C1=O.CC(C)(C)OC(=O)N1C2C[C@@H](CC2(F)F)[C@H]1CO.COC(=O)[C@@H]1[C@@H]2CC(=O)C(C2)N1C(=O)OC(C)(C)C.COC(=O)[C@@H]1[C@H]2CC(N1C(=O)OC(C)(C)C)C(F)(F)C2.COC(=O)[C@@H]1[C@H]2CC([C@H](O)C2)N1C(=O)OC(C)(C)C.O=C1NC(=O)c2ccccc21.